The topological polar surface area (TPSA) is 60.3 Å². The minimum Gasteiger partial charge on any atom is -0.467 e. The summed E-state index contributed by atoms with van der Waals surface area (Å²) in [5.41, 5.74) is 0.881. The van der Waals surface area contributed by atoms with Gasteiger partial charge in [-0.1, -0.05) is 17.7 Å². The molecule has 0 saturated carbocycles. The predicted molar refractivity (Wildman–Crippen MR) is 93.9 cm³/mol. The highest BCUT2D eigenvalue weighted by Crippen LogP contribution is 2.20. The molecule has 1 aromatic carbocycles. The molecule has 0 saturated heterocycles. The predicted octanol–water partition coefficient (Wildman–Crippen LogP) is 2.71. The number of halogens is 1. The second kappa shape index (κ2) is 8.26. The fourth-order valence-electron chi connectivity index (χ4n) is 2.32. The summed E-state index contributed by atoms with van der Waals surface area (Å²) in [6, 6.07) is 6.83. The Bertz CT molecular complexity index is 702. The van der Waals surface area contributed by atoms with Crippen LogP contribution in [0, 0.1) is 0 Å². The number of hydrogen-bond donors (Lipinski definition) is 1. The van der Waals surface area contributed by atoms with Crippen molar-refractivity contribution < 1.29 is 14.3 Å². The van der Waals surface area contributed by atoms with Crippen LogP contribution >= 0.6 is 23.4 Å². The average molecular weight is 355 g/mol. The molecule has 0 aliphatic rings. The SMILES string of the molecule is COC(=O)C(CCSC)NC(=O)Cn1ccc2ccc(Cl)cc21. The summed E-state index contributed by atoms with van der Waals surface area (Å²) < 4.78 is 6.55. The van der Waals surface area contributed by atoms with Crippen molar-refractivity contribution in [3.8, 4) is 0 Å². The maximum atomic E-state index is 12.3. The third kappa shape index (κ3) is 4.65. The van der Waals surface area contributed by atoms with Gasteiger partial charge in [0, 0.05) is 16.7 Å². The average Bonchev–Trinajstić information content (AvgIpc) is 2.92. The van der Waals surface area contributed by atoms with Crippen LogP contribution < -0.4 is 5.32 Å². The van der Waals surface area contributed by atoms with Gasteiger partial charge in [-0.25, -0.2) is 4.79 Å². The lowest BCUT2D eigenvalue weighted by molar-refractivity contribution is -0.145. The Morgan fingerprint density at radius 3 is 2.87 bits per heavy atom. The number of methoxy groups -OCH3 is 1. The molecule has 1 atom stereocenters. The van der Waals surface area contributed by atoms with E-state index in [2.05, 4.69) is 5.32 Å². The van der Waals surface area contributed by atoms with Gasteiger partial charge in [-0.05, 0) is 42.0 Å². The number of nitrogens with one attached hydrogen (secondary N) is 1. The molecular weight excluding hydrogens is 336 g/mol. The number of benzene rings is 1. The van der Waals surface area contributed by atoms with Gasteiger partial charge in [0.2, 0.25) is 5.91 Å². The molecule has 124 valence electrons. The van der Waals surface area contributed by atoms with Gasteiger partial charge in [0.1, 0.15) is 12.6 Å². The van der Waals surface area contributed by atoms with Crippen LogP contribution in [0.4, 0.5) is 0 Å². The number of thioether (sulfide) groups is 1. The van der Waals surface area contributed by atoms with E-state index in [9.17, 15) is 9.59 Å². The Labute approximate surface area is 144 Å². The Hall–Kier alpha value is -1.66. The summed E-state index contributed by atoms with van der Waals surface area (Å²) in [6.45, 7) is 0.122. The monoisotopic (exact) mass is 354 g/mol. The van der Waals surface area contributed by atoms with Crippen LogP contribution in [0.25, 0.3) is 10.9 Å². The van der Waals surface area contributed by atoms with Gasteiger partial charge < -0.3 is 14.6 Å². The minimum atomic E-state index is -0.620. The first-order valence-corrected chi connectivity index (χ1v) is 8.93. The quantitative estimate of drug-likeness (QED) is 0.777. The van der Waals surface area contributed by atoms with Crippen LogP contribution in [0.3, 0.4) is 0 Å². The van der Waals surface area contributed by atoms with Crippen molar-refractivity contribution in [1.29, 1.82) is 0 Å². The highest BCUT2D eigenvalue weighted by atomic mass is 35.5. The van der Waals surface area contributed by atoms with Gasteiger partial charge in [0.05, 0.1) is 7.11 Å². The maximum Gasteiger partial charge on any atom is 0.328 e. The standard InChI is InChI=1S/C16H19ClN2O3S/c1-22-16(21)13(6-8-23-2)18-15(20)10-19-7-5-11-3-4-12(17)9-14(11)19/h3-5,7,9,13H,6,8,10H2,1-2H3,(H,18,20). The summed E-state index contributed by atoms with van der Waals surface area (Å²) >= 11 is 7.62. The van der Waals surface area contributed by atoms with Crippen molar-refractivity contribution in [2.75, 3.05) is 19.1 Å². The molecule has 0 bridgehead atoms. The lowest BCUT2D eigenvalue weighted by atomic mass is 10.2. The zero-order chi connectivity index (χ0) is 16.8. The third-order valence-electron chi connectivity index (χ3n) is 3.48. The van der Waals surface area contributed by atoms with Crippen LogP contribution in [0.1, 0.15) is 6.42 Å². The van der Waals surface area contributed by atoms with Crippen LogP contribution in [-0.2, 0) is 20.9 Å². The molecule has 1 heterocycles. The van der Waals surface area contributed by atoms with Gasteiger partial charge in [0.15, 0.2) is 0 Å². The van der Waals surface area contributed by atoms with E-state index in [0.29, 0.717) is 11.4 Å². The summed E-state index contributed by atoms with van der Waals surface area (Å²) in [4.78, 5) is 24.0. The highest BCUT2D eigenvalue weighted by molar-refractivity contribution is 7.98. The number of carbonyl (C=O) groups excluding carboxylic acids is 2. The number of nitrogens with zero attached hydrogens (tertiary/aromatic N) is 1. The Morgan fingerprint density at radius 2 is 2.17 bits per heavy atom. The second-order valence-corrected chi connectivity index (χ2v) is 6.49. The Morgan fingerprint density at radius 1 is 1.39 bits per heavy atom. The van der Waals surface area contributed by atoms with Gasteiger partial charge in [-0.15, -0.1) is 0 Å². The molecule has 7 heteroatoms. The van der Waals surface area contributed by atoms with E-state index >= 15 is 0 Å². The Kier molecular flexibility index (Phi) is 6.36. The van der Waals surface area contributed by atoms with Gasteiger partial charge >= 0.3 is 5.97 Å². The zero-order valence-corrected chi connectivity index (χ0v) is 14.6. The summed E-state index contributed by atoms with van der Waals surface area (Å²) in [7, 11) is 1.32. The largest absolute Gasteiger partial charge is 0.467 e. The molecule has 0 aliphatic heterocycles. The van der Waals surface area contributed by atoms with Crippen LogP contribution in [0.15, 0.2) is 30.5 Å². The molecule has 0 spiro atoms. The number of ether oxygens (including phenoxy) is 1. The van der Waals surface area contributed by atoms with E-state index < -0.39 is 12.0 Å². The number of hydrogen-bond acceptors (Lipinski definition) is 4. The van der Waals surface area contributed by atoms with Crippen molar-refractivity contribution in [2.45, 2.75) is 19.0 Å². The van der Waals surface area contributed by atoms with E-state index in [-0.39, 0.29) is 12.5 Å². The van der Waals surface area contributed by atoms with Crippen LogP contribution in [0.2, 0.25) is 5.02 Å². The molecule has 5 nitrogen and oxygen atoms in total. The van der Waals surface area contributed by atoms with E-state index in [4.69, 9.17) is 16.3 Å². The lowest BCUT2D eigenvalue weighted by Crippen LogP contribution is -2.43. The molecule has 0 aliphatic carbocycles. The van der Waals surface area contributed by atoms with Crippen molar-refractivity contribution in [2.24, 2.45) is 0 Å². The van der Waals surface area contributed by atoms with E-state index in [1.807, 2.05) is 36.7 Å². The Balaban J connectivity index is 2.07. The van der Waals surface area contributed by atoms with Gasteiger partial charge in [0.25, 0.3) is 0 Å². The summed E-state index contributed by atoms with van der Waals surface area (Å²) in [6.07, 6.45) is 4.32. The summed E-state index contributed by atoms with van der Waals surface area (Å²) in [5.74, 6) is 0.106. The van der Waals surface area contributed by atoms with E-state index in [1.54, 1.807) is 16.3 Å². The number of carbonyl (C=O) groups is 2. The number of esters is 1. The van der Waals surface area contributed by atoms with Crippen molar-refractivity contribution in [1.82, 2.24) is 9.88 Å². The smallest absolute Gasteiger partial charge is 0.328 e. The fourth-order valence-corrected chi connectivity index (χ4v) is 2.95. The zero-order valence-electron chi connectivity index (χ0n) is 13.0. The van der Waals surface area contributed by atoms with Gasteiger partial charge in [-0.2, -0.15) is 11.8 Å². The molecule has 2 rings (SSSR count). The number of amides is 1. The van der Waals surface area contributed by atoms with Crippen LogP contribution in [0.5, 0.6) is 0 Å². The van der Waals surface area contributed by atoms with Gasteiger partial charge in [-0.3, -0.25) is 4.79 Å². The van der Waals surface area contributed by atoms with Crippen molar-refractivity contribution >= 4 is 46.1 Å². The molecule has 1 unspecified atom stereocenters. The molecule has 0 fully saturated rings. The molecular formula is C16H19ClN2O3S. The molecule has 1 aromatic heterocycles. The van der Waals surface area contributed by atoms with Crippen LogP contribution in [-0.4, -0.2) is 41.6 Å². The van der Waals surface area contributed by atoms with E-state index in [1.165, 1.54) is 7.11 Å². The highest BCUT2D eigenvalue weighted by Gasteiger charge is 2.21. The number of rotatable bonds is 7. The number of aromatic nitrogens is 1. The second-order valence-electron chi connectivity index (χ2n) is 5.07. The number of fused-ring (bicyclic) bond motifs is 1. The normalized spacial score (nSPS) is 12.1. The third-order valence-corrected chi connectivity index (χ3v) is 4.36. The lowest BCUT2D eigenvalue weighted by Gasteiger charge is -2.16. The fraction of sp³-hybridized carbons (Fsp3) is 0.375. The first-order chi connectivity index (χ1) is 11.0. The van der Waals surface area contributed by atoms with E-state index in [0.717, 1.165) is 16.7 Å². The molecule has 23 heavy (non-hydrogen) atoms. The van der Waals surface area contributed by atoms with Crippen molar-refractivity contribution in [3.05, 3.63) is 35.5 Å². The minimum absolute atomic E-state index is 0.122. The molecule has 1 amide bonds. The summed E-state index contributed by atoms with van der Waals surface area (Å²) in [5, 5.41) is 4.36. The maximum absolute atomic E-state index is 12.3. The molecule has 1 N–H and O–H groups in total. The molecule has 2 aromatic rings. The van der Waals surface area contributed by atoms with Crippen molar-refractivity contribution in [3.63, 3.8) is 0 Å². The first kappa shape index (κ1) is 17.7. The first-order valence-electron chi connectivity index (χ1n) is 7.15. The molecule has 0 radical (unpaired) electrons.